The molecular formula is C17H16N2O2. The van der Waals surface area contributed by atoms with E-state index < -0.39 is 5.97 Å². The second-order valence-electron chi connectivity index (χ2n) is 5.15. The summed E-state index contributed by atoms with van der Waals surface area (Å²) in [5.41, 5.74) is 4.60. The maximum atomic E-state index is 11.1. The number of benzene rings is 1. The number of pyridine rings is 1. The Kier molecular flexibility index (Phi) is 3.22. The minimum atomic E-state index is -0.897. The third kappa shape index (κ3) is 2.29. The Bertz CT molecular complexity index is 820. The monoisotopic (exact) mass is 280 g/mol. The van der Waals surface area contributed by atoms with Crippen molar-refractivity contribution in [1.82, 2.24) is 9.55 Å². The second-order valence-corrected chi connectivity index (χ2v) is 5.15. The van der Waals surface area contributed by atoms with Crippen molar-refractivity contribution in [2.75, 3.05) is 0 Å². The Morgan fingerprint density at radius 2 is 2.05 bits per heavy atom. The van der Waals surface area contributed by atoms with Crippen molar-refractivity contribution in [1.29, 1.82) is 0 Å². The average Bonchev–Trinajstić information content (AvgIpc) is 2.73. The van der Waals surface area contributed by atoms with Crippen molar-refractivity contribution < 1.29 is 9.90 Å². The molecule has 3 aromatic rings. The first-order chi connectivity index (χ1) is 10.1. The van der Waals surface area contributed by atoms with Gasteiger partial charge in [0.05, 0.1) is 17.8 Å². The average molecular weight is 280 g/mol. The molecule has 4 nitrogen and oxygen atoms in total. The lowest BCUT2D eigenvalue weighted by molar-refractivity contribution is 0.0697. The van der Waals surface area contributed by atoms with Gasteiger partial charge in [0.2, 0.25) is 0 Å². The van der Waals surface area contributed by atoms with Crippen molar-refractivity contribution in [3.05, 3.63) is 65.1 Å². The number of aryl methyl sites for hydroxylation is 1. The molecule has 21 heavy (non-hydrogen) atoms. The van der Waals surface area contributed by atoms with Gasteiger partial charge in [-0.25, -0.2) is 4.79 Å². The van der Waals surface area contributed by atoms with Crippen LogP contribution in [-0.2, 0) is 6.54 Å². The molecule has 4 heteroatoms. The lowest BCUT2D eigenvalue weighted by atomic mass is 10.1. The predicted octanol–water partition coefficient (Wildman–Crippen LogP) is 3.40. The largest absolute Gasteiger partial charge is 0.478 e. The molecule has 3 rings (SSSR count). The second kappa shape index (κ2) is 5.05. The van der Waals surface area contributed by atoms with Crippen molar-refractivity contribution in [3.8, 4) is 0 Å². The van der Waals surface area contributed by atoms with Crippen molar-refractivity contribution in [2.45, 2.75) is 20.4 Å². The normalized spacial score (nSPS) is 11.0. The molecule has 106 valence electrons. The van der Waals surface area contributed by atoms with E-state index in [1.807, 2.05) is 31.2 Å². The quantitative estimate of drug-likeness (QED) is 0.800. The molecule has 0 aliphatic rings. The smallest absolute Gasteiger partial charge is 0.335 e. The first kappa shape index (κ1) is 13.4. The van der Waals surface area contributed by atoms with Gasteiger partial charge in [-0.3, -0.25) is 4.98 Å². The van der Waals surface area contributed by atoms with Gasteiger partial charge in [-0.2, -0.15) is 0 Å². The molecular weight excluding hydrogens is 264 g/mol. The summed E-state index contributed by atoms with van der Waals surface area (Å²) in [6.07, 6.45) is 1.78. The summed E-state index contributed by atoms with van der Waals surface area (Å²) >= 11 is 0. The van der Waals surface area contributed by atoms with E-state index in [0.29, 0.717) is 12.1 Å². The van der Waals surface area contributed by atoms with E-state index in [1.54, 1.807) is 18.3 Å². The van der Waals surface area contributed by atoms with Crippen LogP contribution in [0.15, 0.2) is 42.6 Å². The predicted molar refractivity (Wildman–Crippen MR) is 81.7 cm³/mol. The van der Waals surface area contributed by atoms with Crippen molar-refractivity contribution >= 4 is 16.9 Å². The molecule has 0 aliphatic heterocycles. The fraction of sp³-hybridized carbons (Fsp3) is 0.176. The van der Waals surface area contributed by atoms with Gasteiger partial charge in [0.25, 0.3) is 0 Å². The van der Waals surface area contributed by atoms with Crippen molar-refractivity contribution in [3.63, 3.8) is 0 Å². The molecule has 0 atom stereocenters. The van der Waals surface area contributed by atoms with E-state index in [9.17, 15) is 4.79 Å². The minimum Gasteiger partial charge on any atom is -0.478 e. The van der Waals surface area contributed by atoms with E-state index >= 15 is 0 Å². The highest BCUT2D eigenvalue weighted by atomic mass is 16.4. The molecule has 0 saturated carbocycles. The minimum absolute atomic E-state index is 0.320. The number of rotatable bonds is 3. The molecule has 0 radical (unpaired) electrons. The van der Waals surface area contributed by atoms with Crippen LogP contribution in [0.25, 0.3) is 10.9 Å². The Labute approximate surface area is 122 Å². The number of fused-ring (bicyclic) bond motifs is 1. The molecule has 2 heterocycles. The van der Waals surface area contributed by atoms with E-state index in [4.69, 9.17) is 5.11 Å². The van der Waals surface area contributed by atoms with E-state index in [2.05, 4.69) is 16.5 Å². The number of aromatic nitrogens is 2. The molecule has 0 amide bonds. The molecule has 0 unspecified atom stereocenters. The highest BCUT2D eigenvalue weighted by Gasteiger charge is 2.13. The molecule has 0 aliphatic carbocycles. The van der Waals surface area contributed by atoms with Crippen LogP contribution in [0.5, 0.6) is 0 Å². The SMILES string of the molecule is Cc1c(C)n(Cc2ccccn2)c2ccc(C(=O)O)cc12. The zero-order valence-corrected chi connectivity index (χ0v) is 12.0. The Balaban J connectivity index is 2.15. The number of carbonyl (C=O) groups is 1. The number of aromatic carboxylic acids is 1. The lowest BCUT2D eigenvalue weighted by Gasteiger charge is -2.08. The van der Waals surface area contributed by atoms with E-state index in [0.717, 1.165) is 27.9 Å². The zero-order chi connectivity index (χ0) is 15.0. The molecule has 1 aromatic carbocycles. The Hall–Kier alpha value is -2.62. The van der Waals surface area contributed by atoms with Gasteiger partial charge in [-0.05, 0) is 49.7 Å². The van der Waals surface area contributed by atoms with E-state index in [1.165, 1.54) is 0 Å². The maximum Gasteiger partial charge on any atom is 0.335 e. The number of carboxylic acids is 1. The summed E-state index contributed by atoms with van der Waals surface area (Å²) in [6.45, 7) is 4.76. The zero-order valence-electron chi connectivity index (χ0n) is 12.0. The van der Waals surface area contributed by atoms with Crippen LogP contribution in [0.4, 0.5) is 0 Å². The number of hydrogen-bond donors (Lipinski definition) is 1. The van der Waals surface area contributed by atoms with Gasteiger partial charge < -0.3 is 9.67 Å². The number of carboxylic acid groups (broad SMARTS) is 1. The molecule has 2 aromatic heterocycles. The van der Waals surface area contributed by atoms with Crippen LogP contribution in [0.2, 0.25) is 0 Å². The third-order valence-electron chi connectivity index (χ3n) is 3.93. The van der Waals surface area contributed by atoms with Crippen LogP contribution in [-0.4, -0.2) is 20.6 Å². The Morgan fingerprint density at radius 3 is 2.71 bits per heavy atom. The first-order valence-electron chi connectivity index (χ1n) is 6.80. The van der Waals surface area contributed by atoms with Crippen molar-refractivity contribution in [2.24, 2.45) is 0 Å². The van der Waals surface area contributed by atoms with Gasteiger partial charge in [-0.1, -0.05) is 6.07 Å². The highest BCUT2D eigenvalue weighted by molar-refractivity contribution is 5.95. The summed E-state index contributed by atoms with van der Waals surface area (Å²) < 4.78 is 2.18. The summed E-state index contributed by atoms with van der Waals surface area (Å²) in [6, 6.07) is 11.1. The molecule has 0 fully saturated rings. The number of hydrogen-bond acceptors (Lipinski definition) is 2. The van der Waals surface area contributed by atoms with Gasteiger partial charge in [-0.15, -0.1) is 0 Å². The summed E-state index contributed by atoms with van der Waals surface area (Å²) in [4.78, 5) is 15.5. The standard InChI is InChI=1S/C17H16N2O2/c1-11-12(2)19(10-14-5-3-4-8-18-14)16-7-6-13(17(20)21)9-15(11)16/h3-9H,10H2,1-2H3,(H,20,21). The summed E-state index contributed by atoms with van der Waals surface area (Å²) in [7, 11) is 0. The Morgan fingerprint density at radius 1 is 1.24 bits per heavy atom. The van der Waals surface area contributed by atoms with Gasteiger partial charge in [0.1, 0.15) is 0 Å². The lowest BCUT2D eigenvalue weighted by Crippen LogP contribution is -2.03. The fourth-order valence-corrected chi connectivity index (χ4v) is 2.64. The van der Waals surface area contributed by atoms with Crippen LogP contribution in [0.3, 0.4) is 0 Å². The van der Waals surface area contributed by atoms with E-state index in [-0.39, 0.29) is 0 Å². The van der Waals surface area contributed by atoms with Gasteiger partial charge in [0, 0.05) is 22.8 Å². The maximum absolute atomic E-state index is 11.1. The van der Waals surface area contributed by atoms with Crippen LogP contribution >= 0.6 is 0 Å². The number of nitrogens with zero attached hydrogens (tertiary/aromatic N) is 2. The summed E-state index contributed by atoms with van der Waals surface area (Å²) in [5, 5.41) is 10.1. The molecule has 1 N–H and O–H groups in total. The fourth-order valence-electron chi connectivity index (χ4n) is 2.64. The molecule has 0 spiro atoms. The van der Waals surface area contributed by atoms with Gasteiger partial charge >= 0.3 is 5.97 Å². The van der Waals surface area contributed by atoms with Crippen LogP contribution < -0.4 is 0 Å². The highest BCUT2D eigenvalue weighted by Crippen LogP contribution is 2.27. The third-order valence-corrected chi connectivity index (χ3v) is 3.93. The van der Waals surface area contributed by atoms with Gasteiger partial charge in [0.15, 0.2) is 0 Å². The summed E-state index contributed by atoms with van der Waals surface area (Å²) in [5.74, 6) is -0.897. The first-order valence-corrected chi connectivity index (χ1v) is 6.80. The molecule has 0 saturated heterocycles. The van der Waals surface area contributed by atoms with Crippen LogP contribution in [0, 0.1) is 13.8 Å². The van der Waals surface area contributed by atoms with Crippen LogP contribution in [0.1, 0.15) is 27.3 Å². The molecule has 0 bridgehead atoms. The topological polar surface area (TPSA) is 55.1 Å².